The smallest absolute Gasteiger partial charge is 0.387 e. The van der Waals surface area contributed by atoms with Crippen molar-refractivity contribution in [3.8, 4) is 5.75 Å². The lowest BCUT2D eigenvalue weighted by Crippen LogP contribution is -2.11. The van der Waals surface area contributed by atoms with Crippen LogP contribution >= 0.6 is 0 Å². The second kappa shape index (κ2) is 6.95. The number of hydrogen-bond acceptors (Lipinski definition) is 2. The maximum atomic E-state index is 11.9. The standard InChI is InChI=1S/C12H15F2NO/c1-2-15-9-3-4-10-5-7-11(8-6-10)16-12(13)14/h3-8,12,15H,2,9H2,1H3. The van der Waals surface area contributed by atoms with Crippen molar-refractivity contribution in [1.29, 1.82) is 0 Å². The summed E-state index contributed by atoms with van der Waals surface area (Å²) >= 11 is 0. The van der Waals surface area contributed by atoms with Gasteiger partial charge in [0.1, 0.15) is 5.75 Å². The van der Waals surface area contributed by atoms with Gasteiger partial charge in [-0.1, -0.05) is 31.2 Å². The zero-order valence-corrected chi connectivity index (χ0v) is 9.12. The van der Waals surface area contributed by atoms with Crippen LogP contribution in [0.5, 0.6) is 5.75 Å². The van der Waals surface area contributed by atoms with Crippen molar-refractivity contribution < 1.29 is 13.5 Å². The molecule has 1 N–H and O–H groups in total. The normalized spacial score (nSPS) is 11.2. The summed E-state index contributed by atoms with van der Waals surface area (Å²) in [6.07, 6.45) is 3.90. The zero-order valence-electron chi connectivity index (χ0n) is 9.12. The second-order valence-corrected chi connectivity index (χ2v) is 3.16. The van der Waals surface area contributed by atoms with Crippen LogP contribution in [0.2, 0.25) is 0 Å². The molecule has 0 aromatic heterocycles. The third kappa shape index (κ3) is 4.89. The van der Waals surface area contributed by atoms with E-state index in [9.17, 15) is 8.78 Å². The minimum absolute atomic E-state index is 0.179. The van der Waals surface area contributed by atoms with E-state index in [1.807, 2.05) is 19.1 Å². The van der Waals surface area contributed by atoms with Crippen molar-refractivity contribution in [2.24, 2.45) is 0 Å². The SMILES string of the molecule is CCNCC=Cc1ccc(OC(F)F)cc1. The van der Waals surface area contributed by atoms with Gasteiger partial charge < -0.3 is 10.1 Å². The lowest BCUT2D eigenvalue weighted by atomic mass is 10.2. The van der Waals surface area contributed by atoms with Crippen LogP contribution in [-0.2, 0) is 0 Å². The van der Waals surface area contributed by atoms with Crippen molar-refractivity contribution in [2.75, 3.05) is 13.1 Å². The van der Waals surface area contributed by atoms with Gasteiger partial charge in [-0.2, -0.15) is 8.78 Å². The van der Waals surface area contributed by atoms with E-state index in [-0.39, 0.29) is 5.75 Å². The van der Waals surface area contributed by atoms with Crippen LogP contribution in [0, 0.1) is 0 Å². The first-order valence-electron chi connectivity index (χ1n) is 5.14. The molecule has 88 valence electrons. The molecular formula is C12H15F2NO. The predicted octanol–water partition coefficient (Wildman–Crippen LogP) is 2.91. The summed E-state index contributed by atoms with van der Waals surface area (Å²) in [6, 6.07) is 6.53. The predicted molar refractivity (Wildman–Crippen MR) is 60.7 cm³/mol. The van der Waals surface area contributed by atoms with Gasteiger partial charge in [-0.05, 0) is 24.2 Å². The zero-order chi connectivity index (χ0) is 11.8. The fourth-order valence-corrected chi connectivity index (χ4v) is 1.18. The summed E-state index contributed by atoms with van der Waals surface area (Å²) in [6.45, 7) is 0.983. The Kier molecular flexibility index (Phi) is 5.50. The molecule has 0 saturated heterocycles. The lowest BCUT2D eigenvalue weighted by molar-refractivity contribution is -0.0498. The Morgan fingerprint density at radius 1 is 1.31 bits per heavy atom. The molecule has 0 fully saturated rings. The lowest BCUT2D eigenvalue weighted by Gasteiger charge is -2.03. The third-order valence-electron chi connectivity index (χ3n) is 1.93. The Morgan fingerprint density at radius 2 is 2.00 bits per heavy atom. The Balaban J connectivity index is 2.47. The minimum Gasteiger partial charge on any atom is -0.435 e. The van der Waals surface area contributed by atoms with Crippen molar-refractivity contribution in [2.45, 2.75) is 13.5 Å². The number of nitrogens with one attached hydrogen (secondary N) is 1. The van der Waals surface area contributed by atoms with E-state index in [0.717, 1.165) is 18.7 Å². The fourth-order valence-electron chi connectivity index (χ4n) is 1.18. The van der Waals surface area contributed by atoms with Crippen LogP contribution in [0.3, 0.4) is 0 Å². The molecule has 16 heavy (non-hydrogen) atoms. The Morgan fingerprint density at radius 3 is 2.56 bits per heavy atom. The van der Waals surface area contributed by atoms with Crippen molar-refractivity contribution in [1.82, 2.24) is 5.32 Å². The van der Waals surface area contributed by atoms with E-state index < -0.39 is 6.61 Å². The van der Waals surface area contributed by atoms with E-state index in [2.05, 4.69) is 10.1 Å². The van der Waals surface area contributed by atoms with E-state index in [4.69, 9.17) is 0 Å². The van der Waals surface area contributed by atoms with Crippen molar-refractivity contribution in [3.05, 3.63) is 35.9 Å². The molecule has 0 aliphatic heterocycles. The molecule has 0 aliphatic rings. The van der Waals surface area contributed by atoms with Gasteiger partial charge in [0, 0.05) is 6.54 Å². The first-order valence-corrected chi connectivity index (χ1v) is 5.14. The van der Waals surface area contributed by atoms with Gasteiger partial charge in [0.2, 0.25) is 0 Å². The van der Waals surface area contributed by atoms with E-state index in [1.165, 1.54) is 12.1 Å². The Bertz CT molecular complexity index is 322. The van der Waals surface area contributed by atoms with Crippen LogP contribution in [0.25, 0.3) is 6.08 Å². The molecule has 0 radical (unpaired) electrons. The van der Waals surface area contributed by atoms with Crippen LogP contribution < -0.4 is 10.1 Å². The summed E-state index contributed by atoms with van der Waals surface area (Å²) < 4.78 is 28.0. The van der Waals surface area contributed by atoms with Crippen LogP contribution in [0.15, 0.2) is 30.3 Å². The second-order valence-electron chi connectivity index (χ2n) is 3.16. The van der Waals surface area contributed by atoms with Gasteiger partial charge >= 0.3 is 6.61 Å². The highest BCUT2D eigenvalue weighted by molar-refractivity contribution is 5.50. The molecule has 1 aromatic carbocycles. The molecule has 0 amide bonds. The molecule has 1 aromatic rings. The van der Waals surface area contributed by atoms with E-state index in [1.54, 1.807) is 12.1 Å². The number of benzene rings is 1. The van der Waals surface area contributed by atoms with Gasteiger partial charge in [0.05, 0.1) is 0 Å². The van der Waals surface area contributed by atoms with Gasteiger partial charge in [-0.3, -0.25) is 0 Å². The summed E-state index contributed by atoms with van der Waals surface area (Å²) in [4.78, 5) is 0. The highest BCUT2D eigenvalue weighted by atomic mass is 19.3. The van der Waals surface area contributed by atoms with E-state index in [0.29, 0.717) is 0 Å². The summed E-state index contributed by atoms with van der Waals surface area (Å²) in [5, 5.41) is 3.15. The molecule has 0 spiro atoms. The number of hydrogen-bond donors (Lipinski definition) is 1. The number of ether oxygens (including phenoxy) is 1. The molecule has 0 unspecified atom stereocenters. The van der Waals surface area contributed by atoms with Crippen LogP contribution in [0.4, 0.5) is 8.78 Å². The average molecular weight is 227 g/mol. The minimum atomic E-state index is -2.77. The molecule has 1 rings (SSSR count). The molecular weight excluding hydrogens is 212 g/mol. The number of alkyl halides is 2. The first-order chi connectivity index (χ1) is 7.72. The Hall–Kier alpha value is -1.42. The molecule has 0 saturated carbocycles. The summed E-state index contributed by atoms with van der Waals surface area (Å²) in [5.41, 5.74) is 0.958. The van der Waals surface area contributed by atoms with Crippen molar-refractivity contribution in [3.63, 3.8) is 0 Å². The highest BCUT2D eigenvalue weighted by Crippen LogP contribution is 2.15. The maximum absolute atomic E-state index is 11.9. The number of halogens is 2. The largest absolute Gasteiger partial charge is 0.435 e. The fraction of sp³-hybridized carbons (Fsp3) is 0.333. The molecule has 0 bridgehead atoms. The topological polar surface area (TPSA) is 21.3 Å². The van der Waals surface area contributed by atoms with Crippen molar-refractivity contribution >= 4 is 6.08 Å². The number of likely N-dealkylation sites (N-methyl/N-ethyl adjacent to an activating group) is 1. The number of rotatable bonds is 6. The Labute approximate surface area is 93.9 Å². The molecule has 4 heteroatoms. The highest BCUT2D eigenvalue weighted by Gasteiger charge is 2.02. The van der Waals surface area contributed by atoms with Crippen LogP contribution in [-0.4, -0.2) is 19.7 Å². The van der Waals surface area contributed by atoms with Gasteiger partial charge in [0.15, 0.2) is 0 Å². The molecule has 0 aliphatic carbocycles. The molecule has 2 nitrogen and oxygen atoms in total. The summed E-state index contributed by atoms with van der Waals surface area (Å²) in [5.74, 6) is 0.179. The van der Waals surface area contributed by atoms with Gasteiger partial charge in [0.25, 0.3) is 0 Å². The average Bonchev–Trinajstić information content (AvgIpc) is 2.26. The monoisotopic (exact) mass is 227 g/mol. The first kappa shape index (κ1) is 12.6. The summed E-state index contributed by atoms with van der Waals surface area (Å²) in [7, 11) is 0. The van der Waals surface area contributed by atoms with E-state index >= 15 is 0 Å². The van der Waals surface area contributed by atoms with Gasteiger partial charge in [-0.15, -0.1) is 0 Å². The maximum Gasteiger partial charge on any atom is 0.387 e. The third-order valence-corrected chi connectivity index (χ3v) is 1.93. The molecule has 0 heterocycles. The van der Waals surface area contributed by atoms with Gasteiger partial charge in [-0.25, -0.2) is 0 Å². The van der Waals surface area contributed by atoms with Crippen LogP contribution in [0.1, 0.15) is 12.5 Å². The molecule has 0 atom stereocenters. The quantitative estimate of drug-likeness (QED) is 0.754.